The Balaban J connectivity index is 1.57. The van der Waals surface area contributed by atoms with Crippen molar-refractivity contribution >= 4 is 40.3 Å². The number of benzene rings is 1. The summed E-state index contributed by atoms with van der Waals surface area (Å²) >= 11 is 1.71. The predicted octanol–water partition coefficient (Wildman–Crippen LogP) is 3.40. The van der Waals surface area contributed by atoms with Gasteiger partial charge in [0.15, 0.2) is 0 Å². The van der Waals surface area contributed by atoms with E-state index >= 15 is 0 Å². The molecule has 0 radical (unpaired) electrons. The van der Waals surface area contributed by atoms with Gasteiger partial charge in [-0.3, -0.25) is 9.78 Å². The van der Waals surface area contributed by atoms with E-state index in [0.717, 1.165) is 27.7 Å². The zero-order valence-electron chi connectivity index (χ0n) is 18.5. The molecule has 0 saturated carbocycles. The van der Waals surface area contributed by atoms with Crippen LogP contribution in [0.4, 0.5) is 11.8 Å². The molecule has 9 nitrogen and oxygen atoms in total. The van der Waals surface area contributed by atoms with E-state index in [2.05, 4.69) is 53.2 Å². The Labute approximate surface area is 195 Å². The first kappa shape index (κ1) is 22.4. The Morgan fingerprint density at radius 2 is 1.88 bits per heavy atom. The number of para-hydroxylation sites is 1. The van der Waals surface area contributed by atoms with Crippen LogP contribution >= 0.6 is 11.8 Å². The second-order valence-corrected chi connectivity index (χ2v) is 8.16. The molecule has 33 heavy (non-hydrogen) atoms. The van der Waals surface area contributed by atoms with E-state index in [-0.39, 0.29) is 11.2 Å². The number of hydrogen-bond donors (Lipinski definition) is 3. The molecule has 0 saturated heterocycles. The molecular formula is C23H24N8OS. The summed E-state index contributed by atoms with van der Waals surface area (Å²) in [5.41, 5.74) is 4.04. The van der Waals surface area contributed by atoms with Crippen LogP contribution in [0.15, 0.2) is 55.2 Å². The number of amides is 1. The zero-order chi connectivity index (χ0) is 23.2. The van der Waals surface area contributed by atoms with Crippen LogP contribution < -0.4 is 16.0 Å². The third kappa shape index (κ3) is 4.85. The van der Waals surface area contributed by atoms with E-state index < -0.39 is 0 Å². The lowest BCUT2D eigenvalue weighted by Gasteiger charge is -2.18. The van der Waals surface area contributed by atoms with Crippen LogP contribution in [0.25, 0.3) is 22.2 Å². The third-order valence-corrected chi connectivity index (χ3v) is 6.20. The topological polar surface area (TPSA) is 118 Å². The Morgan fingerprint density at radius 1 is 1.06 bits per heavy atom. The monoisotopic (exact) mass is 460 g/mol. The Morgan fingerprint density at radius 3 is 2.61 bits per heavy atom. The fraction of sp³-hybridized carbons (Fsp3) is 0.217. The number of rotatable bonds is 8. The summed E-state index contributed by atoms with van der Waals surface area (Å²) in [6, 6.07) is 9.57. The van der Waals surface area contributed by atoms with Crippen molar-refractivity contribution in [2.45, 2.75) is 5.25 Å². The average Bonchev–Trinajstić information content (AvgIpc) is 2.88. The maximum absolute atomic E-state index is 12.3. The molecule has 168 valence electrons. The Kier molecular flexibility index (Phi) is 6.94. The molecule has 4 rings (SSSR count). The number of fused-ring (bicyclic) bond motifs is 1. The van der Waals surface area contributed by atoms with Crippen molar-refractivity contribution in [2.24, 2.45) is 0 Å². The van der Waals surface area contributed by atoms with Crippen molar-refractivity contribution in [1.82, 2.24) is 30.2 Å². The standard InChI is InChI=1S/C23H24N8OS/c1-24-22(32)16-7-8-26-21-15(16)5-4-6-17(21)19(33-3)12-27-20-9-18(30-13-31-20)14-10-28-23(25-2)29-11-14/h4-11,13,19H,12H2,1-3H3,(H,24,32)(H,25,28,29)(H,27,30,31). The number of aromatic nitrogens is 5. The lowest BCUT2D eigenvalue weighted by Crippen LogP contribution is -2.18. The SMILES string of the molecule is CNC(=O)c1ccnc2c(C(CNc3cc(-c4cnc(NC)nc4)ncn3)SC)cccc12. The molecule has 3 aromatic heterocycles. The van der Waals surface area contributed by atoms with E-state index in [1.54, 1.807) is 50.5 Å². The molecule has 1 amide bonds. The van der Waals surface area contributed by atoms with Crippen LogP contribution in [0, 0.1) is 0 Å². The highest BCUT2D eigenvalue weighted by atomic mass is 32.2. The van der Waals surface area contributed by atoms with Crippen molar-refractivity contribution in [2.75, 3.05) is 37.5 Å². The van der Waals surface area contributed by atoms with Crippen molar-refractivity contribution in [3.05, 3.63) is 66.4 Å². The van der Waals surface area contributed by atoms with Gasteiger partial charge in [0.25, 0.3) is 5.91 Å². The second-order valence-electron chi connectivity index (χ2n) is 7.12. The first-order chi connectivity index (χ1) is 16.1. The highest BCUT2D eigenvalue weighted by Crippen LogP contribution is 2.33. The van der Waals surface area contributed by atoms with Gasteiger partial charge in [0.1, 0.15) is 12.1 Å². The normalized spacial score (nSPS) is 11.7. The quantitative estimate of drug-likeness (QED) is 0.363. The van der Waals surface area contributed by atoms with Gasteiger partial charge in [0.2, 0.25) is 5.95 Å². The van der Waals surface area contributed by atoms with Gasteiger partial charge in [-0.1, -0.05) is 18.2 Å². The van der Waals surface area contributed by atoms with E-state index in [1.165, 1.54) is 6.33 Å². The van der Waals surface area contributed by atoms with Gasteiger partial charge < -0.3 is 16.0 Å². The lowest BCUT2D eigenvalue weighted by molar-refractivity contribution is 0.0964. The van der Waals surface area contributed by atoms with Gasteiger partial charge >= 0.3 is 0 Å². The number of pyridine rings is 1. The summed E-state index contributed by atoms with van der Waals surface area (Å²) in [5.74, 6) is 1.13. The molecule has 3 N–H and O–H groups in total. The van der Waals surface area contributed by atoms with Crippen molar-refractivity contribution in [3.8, 4) is 11.3 Å². The minimum Gasteiger partial charge on any atom is -0.368 e. The maximum Gasteiger partial charge on any atom is 0.251 e. The highest BCUT2D eigenvalue weighted by molar-refractivity contribution is 7.98. The molecule has 3 heterocycles. The number of thioether (sulfide) groups is 1. The largest absolute Gasteiger partial charge is 0.368 e. The molecule has 0 aliphatic carbocycles. The summed E-state index contributed by atoms with van der Waals surface area (Å²) in [5, 5.41) is 9.94. The molecule has 1 aromatic carbocycles. The van der Waals surface area contributed by atoms with Crippen molar-refractivity contribution in [3.63, 3.8) is 0 Å². The maximum atomic E-state index is 12.3. The summed E-state index contributed by atoms with van der Waals surface area (Å²) in [4.78, 5) is 34.1. The van der Waals surface area contributed by atoms with Crippen molar-refractivity contribution < 1.29 is 4.79 Å². The fourth-order valence-electron chi connectivity index (χ4n) is 3.51. The molecule has 0 fully saturated rings. The number of nitrogens with zero attached hydrogens (tertiary/aromatic N) is 5. The minimum atomic E-state index is -0.126. The number of carbonyl (C=O) groups is 1. The molecular weight excluding hydrogens is 436 g/mol. The van der Waals surface area contributed by atoms with Crippen LogP contribution in [0.3, 0.4) is 0 Å². The molecule has 1 unspecified atom stereocenters. The molecule has 1 atom stereocenters. The zero-order valence-corrected chi connectivity index (χ0v) is 19.3. The summed E-state index contributed by atoms with van der Waals surface area (Å²) in [7, 11) is 3.40. The van der Waals surface area contributed by atoms with Crippen LogP contribution in [-0.2, 0) is 0 Å². The number of nitrogens with one attached hydrogen (secondary N) is 3. The van der Waals surface area contributed by atoms with Crippen LogP contribution in [-0.4, -0.2) is 57.7 Å². The predicted molar refractivity (Wildman–Crippen MR) is 132 cm³/mol. The van der Waals surface area contributed by atoms with Gasteiger partial charge in [0.05, 0.1) is 16.8 Å². The minimum absolute atomic E-state index is 0.0952. The van der Waals surface area contributed by atoms with Crippen LogP contribution in [0.5, 0.6) is 0 Å². The molecule has 0 aliphatic rings. The number of carbonyl (C=O) groups excluding carboxylic acids is 1. The Bertz CT molecular complexity index is 1270. The first-order valence-corrected chi connectivity index (χ1v) is 11.6. The average molecular weight is 461 g/mol. The summed E-state index contributed by atoms with van der Waals surface area (Å²) in [6.45, 7) is 0.623. The number of hydrogen-bond acceptors (Lipinski definition) is 9. The molecule has 0 spiro atoms. The van der Waals surface area contributed by atoms with Crippen LogP contribution in [0.2, 0.25) is 0 Å². The molecule has 4 aromatic rings. The van der Waals surface area contributed by atoms with E-state index in [1.807, 2.05) is 18.2 Å². The van der Waals surface area contributed by atoms with Gasteiger partial charge in [-0.05, 0) is 17.9 Å². The first-order valence-electron chi connectivity index (χ1n) is 10.3. The smallest absolute Gasteiger partial charge is 0.251 e. The van der Waals surface area contributed by atoms with E-state index in [9.17, 15) is 4.79 Å². The second kappa shape index (κ2) is 10.2. The molecule has 0 bridgehead atoms. The molecule has 10 heteroatoms. The summed E-state index contributed by atoms with van der Waals surface area (Å²) in [6.07, 6.45) is 8.70. The third-order valence-electron chi connectivity index (χ3n) is 5.21. The van der Waals surface area contributed by atoms with Gasteiger partial charge in [-0.2, -0.15) is 11.8 Å². The van der Waals surface area contributed by atoms with Gasteiger partial charge in [-0.15, -0.1) is 0 Å². The molecule has 0 aliphatic heterocycles. The van der Waals surface area contributed by atoms with E-state index in [4.69, 9.17) is 0 Å². The number of anilines is 2. The van der Waals surface area contributed by atoms with E-state index in [0.29, 0.717) is 23.9 Å². The van der Waals surface area contributed by atoms with Gasteiger partial charge in [-0.25, -0.2) is 19.9 Å². The lowest BCUT2D eigenvalue weighted by atomic mass is 10.0. The fourth-order valence-corrected chi connectivity index (χ4v) is 4.20. The van der Waals surface area contributed by atoms with Gasteiger partial charge in [0, 0.05) is 61.5 Å². The summed E-state index contributed by atoms with van der Waals surface area (Å²) < 4.78 is 0. The van der Waals surface area contributed by atoms with Crippen LogP contribution in [0.1, 0.15) is 21.2 Å². The van der Waals surface area contributed by atoms with Crippen molar-refractivity contribution in [1.29, 1.82) is 0 Å². The highest BCUT2D eigenvalue weighted by Gasteiger charge is 2.17. The Hall–Kier alpha value is -3.79.